The van der Waals surface area contributed by atoms with E-state index in [0.717, 1.165) is 25.7 Å². The standard InChI is InChI=1S/C18H25ClF2N.Ti/c1-13(19)18(2,3)12-22(15-7-5-4-6-8-15)17-10-9-14(20)11-16(17)21;/h9-10,13,15H,4-8,12H2,1-3H3;/q-1;. The van der Waals surface area contributed by atoms with Crippen molar-refractivity contribution in [2.75, 3.05) is 11.4 Å². The maximum absolute atomic E-state index is 14.3. The Morgan fingerprint density at radius 2 is 1.87 bits per heavy atom. The van der Waals surface area contributed by atoms with Crippen molar-refractivity contribution in [2.24, 2.45) is 5.41 Å². The molecular formula is C18H25ClF2NTi-. The summed E-state index contributed by atoms with van der Waals surface area (Å²) in [5, 5.41) is -0.0360. The van der Waals surface area contributed by atoms with Crippen LogP contribution < -0.4 is 4.90 Å². The Kier molecular flexibility index (Phi) is 8.03. The molecule has 1 nitrogen and oxygen atoms in total. The molecule has 1 unspecified atom stereocenters. The van der Waals surface area contributed by atoms with Gasteiger partial charge in [-0.25, -0.2) is 8.78 Å². The van der Waals surface area contributed by atoms with E-state index in [4.69, 9.17) is 11.6 Å². The van der Waals surface area contributed by atoms with Gasteiger partial charge in [0, 0.05) is 51.3 Å². The molecule has 0 saturated heterocycles. The van der Waals surface area contributed by atoms with Crippen LogP contribution in [-0.4, -0.2) is 18.0 Å². The van der Waals surface area contributed by atoms with Crippen molar-refractivity contribution in [1.29, 1.82) is 0 Å². The van der Waals surface area contributed by atoms with Gasteiger partial charge in [0.05, 0.1) is 0 Å². The largest absolute Gasteiger partial charge is 0.418 e. The maximum Gasteiger partial charge on any atom is 0.0375 e. The molecule has 1 aromatic rings. The van der Waals surface area contributed by atoms with Gasteiger partial charge in [0.2, 0.25) is 0 Å². The molecule has 1 fully saturated rings. The molecule has 2 rings (SSSR count). The molecule has 0 heterocycles. The zero-order chi connectivity index (χ0) is 16.3. The van der Waals surface area contributed by atoms with Crippen molar-refractivity contribution in [3.63, 3.8) is 0 Å². The number of rotatable bonds is 5. The Bertz CT molecular complexity index is 502. The predicted octanol–water partition coefficient (Wildman–Crippen LogP) is 5.56. The van der Waals surface area contributed by atoms with Gasteiger partial charge >= 0.3 is 0 Å². The van der Waals surface area contributed by atoms with E-state index >= 15 is 0 Å². The summed E-state index contributed by atoms with van der Waals surface area (Å²) in [6.07, 6.45) is 5.64. The second-order valence-electron chi connectivity index (χ2n) is 7.03. The molecule has 1 saturated carbocycles. The summed E-state index contributed by atoms with van der Waals surface area (Å²) in [4.78, 5) is 2.09. The number of benzene rings is 1. The van der Waals surface area contributed by atoms with Gasteiger partial charge in [-0.15, -0.1) is 29.8 Å². The van der Waals surface area contributed by atoms with E-state index < -0.39 is 11.6 Å². The summed E-state index contributed by atoms with van der Waals surface area (Å²) in [5.74, 6) is -1.27. The molecule has 0 aliphatic heterocycles. The first-order chi connectivity index (χ1) is 10.3. The monoisotopic (exact) mass is 376 g/mol. The van der Waals surface area contributed by atoms with Crippen molar-refractivity contribution >= 4 is 17.3 Å². The molecule has 0 radical (unpaired) electrons. The minimum absolute atomic E-state index is 0. The molecule has 1 aliphatic rings. The summed E-state index contributed by atoms with van der Waals surface area (Å²) in [6.45, 7) is 6.80. The zero-order valence-corrected chi connectivity index (χ0v) is 16.5. The third kappa shape index (κ3) is 5.44. The van der Waals surface area contributed by atoms with E-state index in [9.17, 15) is 8.78 Å². The molecule has 0 spiro atoms. The van der Waals surface area contributed by atoms with E-state index in [0.29, 0.717) is 12.2 Å². The van der Waals surface area contributed by atoms with Crippen LogP contribution in [0.1, 0.15) is 52.9 Å². The van der Waals surface area contributed by atoms with Crippen LogP contribution in [0.3, 0.4) is 0 Å². The fourth-order valence-corrected chi connectivity index (χ4v) is 3.10. The van der Waals surface area contributed by atoms with Gasteiger partial charge in [-0.3, -0.25) is 0 Å². The topological polar surface area (TPSA) is 3.24 Å². The van der Waals surface area contributed by atoms with Crippen LogP contribution >= 0.6 is 11.6 Å². The van der Waals surface area contributed by atoms with Crippen LogP contribution in [-0.2, 0) is 21.7 Å². The minimum atomic E-state index is -0.658. The first-order valence-corrected chi connectivity index (χ1v) is 8.53. The first kappa shape index (κ1) is 20.9. The molecule has 0 bridgehead atoms. The normalized spacial score (nSPS) is 17.5. The number of hydrogen-bond donors (Lipinski definition) is 0. The fourth-order valence-electron chi connectivity index (χ4n) is 3.03. The van der Waals surface area contributed by atoms with Crippen molar-refractivity contribution < 1.29 is 30.5 Å². The van der Waals surface area contributed by atoms with Gasteiger partial charge < -0.3 is 4.90 Å². The summed E-state index contributed by atoms with van der Waals surface area (Å²) in [6, 6.07) is 5.27. The zero-order valence-electron chi connectivity index (χ0n) is 14.1. The number of alkyl halides is 1. The second-order valence-corrected chi connectivity index (χ2v) is 7.68. The molecule has 0 N–H and O–H groups in total. The molecule has 1 atom stereocenters. The Balaban J connectivity index is 0.00000264. The molecule has 1 aromatic carbocycles. The SMILES string of the molecule is CC(Cl)C(C)(C)CN(c1ccc(F)[c-]c1F)C1CCCCC1.[Ti]. The van der Waals surface area contributed by atoms with Crippen LogP contribution in [0, 0.1) is 23.1 Å². The van der Waals surface area contributed by atoms with E-state index in [-0.39, 0.29) is 38.6 Å². The van der Waals surface area contributed by atoms with Gasteiger partial charge in [-0.1, -0.05) is 33.1 Å². The molecule has 1 aliphatic carbocycles. The van der Waals surface area contributed by atoms with Gasteiger partial charge in [0.1, 0.15) is 0 Å². The molecule has 23 heavy (non-hydrogen) atoms. The number of hydrogen-bond acceptors (Lipinski definition) is 1. The Labute approximate surface area is 158 Å². The average Bonchev–Trinajstić information content (AvgIpc) is 2.46. The molecule has 128 valence electrons. The van der Waals surface area contributed by atoms with Gasteiger partial charge in [-0.05, 0) is 30.9 Å². The molecule has 0 aromatic heterocycles. The maximum atomic E-state index is 14.3. The summed E-state index contributed by atoms with van der Waals surface area (Å²) < 4.78 is 27.4. The second kappa shape index (κ2) is 8.83. The van der Waals surface area contributed by atoms with E-state index in [1.807, 2.05) is 6.92 Å². The Morgan fingerprint density at radius 1 is 1.26 bits per heavy atom. The van der Waals surface area contributed by atoms with Crippen LogP contribution in [0.15, 0.2) is 12.1 Å². The van der Waals surface area contributed by atoms with Gasteiger partial charge in [-0.2, -0.15) is 0 Å². The Hall–Kier alpha value is -0.116. The smallest absolute Gasteiger partial charge is 0.0375 e. The fraction of sp³-hybridized carbons (Fsp3) is 0.667. The van der Waals surface area contributed by atoms with Gasteiger partial charge in [0.15, 0.2) is 0 Å². The minimum Gasteiger partial charge on any atom is -0.418 e. The van der Waals surface area contributed by atoms with Crippen molar-refractivity contribution in [3.8, 4) is 0 Å². The van der Waals surface area contributed by atoms with Crippen molar-refractivity contribution in [3.05, 3.63) is 29.8 Å². The van der Waals surface area contributed by atoms with Crippen molar-refractivity contribution in [2.45, 2.75) is 64.3 Å². The predicted molar refractivity (Wildman–Crippen MR) is 88.5 cm³/mol. The van der Waals surface area contributed by atoms with Gasteiger partial charge in [0.25, 0.3) is 0 Å². The third-order valence-electron chi connectivity index (χ3n) is 4.82. The summed E-state index contributed by atoms with van der Waals surface area (Å²) in [7, 11) is 0. The van der Waals surface area contributed by atoms with Crippen LogP contribution in [0.4, 0.5) is 14.5 Å². The third-order valence-corrected chi connectivity index (χ3v) is 5.41. The molecule has 5 heteroatoms. The van der Waals surface area contributed by atoms with Crippen LogP contribution in [0.25, 0.3) is 0 Å². The number of anilines is 1. The summed E-state index contributed by atoms with van der Waals surface area (Å²) in [5.41, 5.74) is 0.276. The van der Waals surface area contributed by atoms with E-state index in [1.165, 1.54) is 18.6 Å². The van der Waals surface area contributed by atoms with Crippen LogP contribution in [0.5, 0.6) is 0 Å². The summed E-state index contributed by atoms with van der Waals surface area (Å²) >= 11 is 6.32. The first-order valence-electron chi connectivity index (χ1n) is 8.09. The quantitative estimate of drug-likeness (QED) is 0.370. The van der Waals surface area contributed by atoms with E-state index in [2.05, 4.69) is 24.8 Å². The number of nitrogens with zero attached hydrogens (tertiary/aromatic N) is 1. The molecular weight excluding hydrogens is 352 g/mol. The Morgan fingerprint density at radius 3 is 2.39 bits per heavy atom. The number of halogens is 3. The van der Waals surface area contributed by atoms with Crippen molar-refractivity contribution in [1.82, 2.24) is 0 Å². The average molecular weight is 377 g/mol. The molecule has 0 amide bonds. The van der Waals surface area contributed by atoms with E-state index in [1.54, 1.807) is 0 Å². The van der Waals surface area contributed by atoms with Crippen LogP contribution in [0.2, 0.25) is 0 Å².